The highest BCUT2D eigenvalue weighted by molar-refractivity contribution is 7.99. The smallest absolute Gasteiger partial charge is 0.287 e. The summed E-state index contributed by atoms with van der Waals surface area (Å²) in [6.45, 7) is 3.55. The predicted molar refractivity (Wildman–Crippen MR) is 133 cm³/mol. The Hall–Kier alpha value is -2.51. The summed E-state index contributed by atoms with van der Waals surface area (Å²) < 4.78 is 11.5. The first-order valence-electron chi connectivity index (χ1n) is 12.0. The lowest BCUT2D eigenvalue weighted by atomic mass is 10.0. The molecule has 0 atom stereocenters. The number of amides is 1. The molecule has 1 aromatic carbocycles. The van der Waals surface area contributed by atoms with Crippen molar-refractivity contribution in [2.75, 3.05) is 31.2 Å². The molecule has 174 valence electrons. The van der Waals surface area contributed by atoms with E-state index < -0.39 is 0 Å². The Balaban J connectivity index is 1.29. The van der Waals surface area contributed by atoms with Crippen LogP contribution in [0.4, 0.5) is 5.82 Å². The van der Waals surface area contributed by atoms with E-state index in [0.717, 1.165) is 60.0 Å². The normalized spacial score (nSPS) is 17.4. The van der Waals surface area contributed by atoms with Crippen molar-refractivity contribution in [2.24, 2.45) is 0 Å². The lowest BCUT2D eigenvalue weighted by Crippen LogP contribution is -2.36. The fourth-order valence-corrected chi connectivity index (χ4v) is 6.01. The second kappa shape index (κ2) is 10.6. The highest BCUT2D eigenvalue weighted by atomic mass is 32.2. The van der Waals surface area contributed by atoms with E-state index in [4.69, 9.17) is 9.15 Å². The second-order valence-electron chi connectivity index (χ2n) is 8.78. The van der Waals surface area contributed by atoms with E-state index in [1.54, 1.807) is 6.20 Å². The van der Waals surface area contributed by atoms with Crippen molar-refractivity contribution >= 4 is 34.5 Å². The van der Waals surface area contributed by atoms with Crippen LogP contribution < -0.4 is 10.2 Å². The van der Waals surface area contributed by atoms with Crippen LogP contribution in [0.5, 0.6) is 0 Å². The van der Waals surface area contributed by atoms with Crippen LogP contribution in [0, 0.1) is 0 Å². The van der Waals surface area contributed by atoms with Crippen LogP contribution in [-0.4, -0.2) is 42.4 Å². The van der Waals surface area contributed by atoms with Gasteiger partial charge < -0.3 is 19.4 Å². The van der Waals surface area contributed by atoms with Gasteiger partial charge in [0.05, 0.1) is 13.2 Å². The molecule has 0 spiro atoms. The Kier molecular flexibility index (Phi) is 7.17. The lowest BCUT2D eigenvalue weighted by Gasteiger charge is -2.28. The summed E-state index contributed by atoms with van der Waals surface area (Å²) >= 11 is 1.97. The highest BCUT2D eigenvalue weighted by Gasteiger charge is 2.22. The van der Waals surface area contributed by atoms with Crippen LogP contribution in [0.15, 0.2) is 47.0 Å². The Morgan fingerprint density at radius 3 is 2.79 bits per heavy atom. The first-order valence-corrected chi connectivity index (χ1v) is 13.0. The minimum atomic E-state index is -0.157. The van der Waals surface area contributed by atoms with Gasteiger partial charge in [-0.05, 0) is 36.6 Å². The molecule has 1 amide bonds. The molecule has 1 aliphatic carbocycles. The quantitative estimate of drug-likeness (QED) is 0.520. The average molecular weight is 466 g/mol. The number of anilines is 1. The number of morpholine rings is 1. The zero-order valence-electron chi connectivity index (χ0n) is 18.9. The van der Waals surface area contributed by atoms with E-state index in [1.807, 2.05) is 42.1 Å². The van der Waals surface area contributed by atoms with Crippen LogP contribution in [0.1, 0.15) is 53.8 Å². The van der Waals surface area contributed by atoms with Gasteiger partial charge in [-0.2, -0.15) is 11.8 Å². The molecule has 33 heavy (non-hydrogen) atoms. The summed E-state index contributed by atoms with van der Waals surface area (Å²) in [6, 6.07) is 12.0. The second-order valence-corrected chi connectivity index (χ2v) is 10.1. The predicted octanol–water partition coefficient (Wildman–Crippen LogP) is 5.16. The maximum Gasteiger partial charge on any atom is 0.287 e. The van der Waals surface area contributed by atoms with Crippen molar-refractivity contribution in [2.45, 2.75) is 49.7 Å². The molecule has 1 N–H and O–H groups in total. The molecule has 1 saturated carbocycles. The third kappa shape index (κ3) is 5.36. The van der Waals surface area contributed by atoms with Crippen LogP contribution in [0.3, 0.4) is 0 Å². The summed E-state index contributed by atoms with van der Waals surface area (Å²) in [4.78, 5) is 19.9. The largest absolute Gasteiger partial charge is 0.451 e. The van der Waals surface area contributed by atoms with Gasteiger partial charge in [0.25, 0.3) is 5.91 Å². The third-order valence-corrected chi connectivity index (χ3v) is 7.92. The summed E-state index contributed by atoms with van der Waals surface area (Å²) in [5.74, 6) is 2.02. The van der Waals surface area contributed by atoms with Gasteiger partial charge in [0.2, 0.25) is 0 Å². The monoisotopic (exact) mass is 465 g/mol. The number of para-hydroxylation sites is 1. The fraction of sp³-hybridized carbons (Fsp3) is 0.462. The molecule has 6 nitrogen and oxygen atoms in total. The number of pyridine rings is 1. The van der Waals surface area contributed by atoms with Gasteiger partial charge in [0.15, 0.2) is 5.76 Å². The number of carbonyl (C=O) groups is 1. The number of benzene rings is 1. The van der Waals surface area contributed by atoms with Crippen molar-refractivity contribution in [1.82, 2.24) is 10.3 Å². The molecular formula is C26H31N3O3S. The number of rotatable bonds is 7. The van der Waals surface area contributed by atoms with E-state index in [9.17, 15) is 4.79 Å². The molecule has 2 aromatic heterocycles. The van der Waals surface area contributed by atoms with Gasteiger partial charge in [0.1, 0.15) is 11.4 Å². The van der Waals surface area contributed by atoms with Crippen molar-refractivity contribution in [3.8, 4) is 0 Å². The number of carbonyl (C=O) groups excluding carboxylic acids is 1. The van der Waals surface area contributed by atoms with Crippen molar-refractivity contribution in [3.63, 3.8) is 0 Å². The average Bonchev–Trinajstić information content (AvgIpc) is 3.26. The SMILES string of the molecule is O=C(NCc1ccnc(N2CCOCC2)c1)c1oc2ccccc2c1CSC1CCCCC1. The molecule has 2 aliphatic rings. The molecule has 7 heteroatoms. The molecule has 1 saturated heterocycles. The number of hydrogen-bond donors (Lipinski definition) is 1. The van der Waals surface area contributed by atoms with Gasteiger partial charge >= 0.3 is 0 Å². The molecular weight excluding hydrogens is 434 g/mol. The van der Waals surface area contributed by atoms with E-state index >= 15 is 0 Å². The molecule has 3 aromatic rings. The molecule has 2 fully saturated rings. The number of nitrogens with zero attached hydrogens (tertiary/aromatic N) is 2. The standard InChI is InChI=1S/C26H31N3O3S/c30-26(28-17-19-10-11-27-24(16-19)29-12-14-31-15-13-29)25-22(18-33-20-6-2-1-3-7-20)21-8-4-5-9-23(21)32-25/h4-5,8-11,16,20H,1-3,6-7,12-15,17-18H2,(H,28,30). The minimum absolute atomic E-state index is 0.157. The number of aromatic nitrogens is 1. The van der Waals surface area contributed by atoms with Crippen LogP contribution in [-0.2, 0) is 17.0 Å². The molecule has 5 rings (SSSR count). The van der Waals surface area contributed by atoms with Crippen molar-refractivity contribution in [3.05, 3.63) is 59.5 Å². The fourth-order valence-electron chi connectivity index (χ4n) is 4.66. The van der Waals surface area contributed by atoms with Gasteiger partial charge in [-0.3, -0.25) is 4.79 Å². The third-order valence-electron chi connectivity index (χ3n) is 6.52. The van der Waals surface area contributed by atoms with E-state index in [0.29, 0.717) is 17.6 Å². The lowest BCUT2D eigenvalue weighted by molar-refractivity contribution is 0.0924. The number of fused-ring (bicyclic) bond motifs is 1. The summed E-state index contributed by atoms with van der Waals surface area (Å²) in [6.07, 6.45) is 8.33. The van der Waals surface area contributed by atoms with Crippen LogP contribution in [0.2, 0.25) is 0 Å². The first kappa shape index (κ1) is 22.3. The van der Waals surface area contributed by atoms with Gasteiger partial charge in [0, 0.05) is 47.8 Å². The number of hydrogen-bond acceptors (Lipinski definition) is 6. The number of thioether (sulfide) groups is 1. The topological polar surface area (TPSA) is 67.6 Å². The van der Waals surface area contributed by atoms with Gasteiger partial charge in [-0.25, -0.2) is 4.98 Å². The number of furan rings is 1. The van der Waals surface area contributed by atoms with Gasteiger partial charge in [-0.15, -0.1) is 0 Å². The summed E-state index contributed by atoms with van der Waals surface area (Å²) in [5.41, 5.74) is 2.82. The highest BCUT2D eigenvalue weighted by Crippen LogP contribution is 2.35. The Bertz CT molecular complexity index is 1090. The minimum Gasteiger partial charge on any atom is -0.451 e. The molecule has 1 aliphatic heterocycles. The van der Waals surface area contributed by atoms with E-state index in [2.05, 4.69) is 21.3 Å². The zero-order valence-corrected chi connectivity index (χ0v) is 19.7. The van der Waals surface area contributed by atoms with E-state index in [-0.39, 0.29) is 5.91 Å². The maximum absolute atomic E-state index is 13.2. The number of ether oxygens (including phenoxy) is 1. The molecule has 0 unspecified atom stereocenters. The van der Waals surface area contributed by atoms with Crippen LogP contribution in [0.25, 0.3) is 11.0 Å². The van der Waals surface area contributed by atoms with Gasteiger partial charge in [-0.1, -0.05) is 37.5 Å². The summed E-state index contributed by atoms with van der Waals surface area (Å²) in [5, 5.41) is 4.80. The summed E-state index contributed by atoms with van der Waals surface area (Å²) in [7, 11) is 0. The first-order chi connectivity index (χ1) is 16.3. The van der Waals surface area contributed by atoms with Crippen LogP contribution >= 0.6 is 11.8 Å². The number of nitrogens with one attached hydrogen (secondary N) is 1. The molecule has 0 radical (unpaired) electrons. The van der Waals surface area contributed by atoms with Crippen molar-refractivity contribution < 1.29 is 13.9 Å². The zero-order chi connectivity index (χ0) is 22.5. The van der Waals surface area contributed by atoms with Crippen molar-refractivity contribution in [1.29, 1.82) is 0 Å². The Labute approximate surface area is 199 Å². The Morgan fingerprint density at radius 2 is 1.94 bits per heavy atom. The molecule has 0 bridgehead atoms. The Morgan fingerprint density at radius 1 is 1.12 bits per heavy atom. The van der Waals surface area contributed by atoms with E-state index in [1.165, 1.54) is 32.1 Å². The molecule has 3 heterocycles. The maximum atomic E-state index is 13.2.